The van der Waals surface area contributed by atoms with E-state index in [1.807, 2.05) is 6.07 Å². The molecule has 0 saturated carbocycles. The summed E-state index contributed by atoms with van der Waals surface area (Å²) in [5, 5.41) is 8.55. The van der Waals surface area contributed by atoms with Crippen LogP contribution in [0.3, 0.4) is 0 Å². The molecule has 0 atom stereocenters. The van der Waals surface area contributed by atoms with E-state index in [1.54, 1.807) is 0 Å². The number of alkyl halides is 1. The maximum Gasteiger partial charge on any atom is 0.151 e. The highest BCUT2D eigenvalue weighted by atomic mass is 35.5. The van der Waals surface area contributed by atoms with Gasteiger partial charge in [-0.15, -0.1) is 11.6 Å². The first-order chi connectivity index (χ1) is 6.65. The van der Waals surface area contributed by atoms with Crippen molar-refractivity contribution >= 4 is 17.4 Å². The van der Waals surface area contributed by atoms with Gasteiger partial charge in [-0.3, -0.25) is 4.79 Å². The summed E-state index contributed by atoms with van der Waals surface area (Å²) in [6.45, 7) is 0. The molecule has 0 radical (unpaired) electrons. The number of halogens is 2. The SMILES string of the molecule is N#Cc1cc(F)cc(CC(=O)CCl)c1. The molecule has 0 aliphatic heterocycles. The Morgan fingerprint density at radius 3 is 2.79 bits per heavy atom. The normalized spacial score (nSPS) is 9.50. The molecule has 0 amide bonds. The van der Waals surface area contributed by atoms with E-state index in [-0.39, 0.29) is 23.6 Å². The fourth-order valence-corrected chi connectivity index (χ4v) is 1.19. The van der Waals surface area contributed by atoms with E-state index in [4.69, 9.17) is 16.9 Å². The Bertz CT molecular complexity index is 398. The van der Waals surface area contributed by atoms with Crippen molar-refractivity contribution in [3.8, 4) is 6.07 Å². The Labute approximate surface area is 85.9 Å². The molecule has 0 aliphatic rings. The largest absolute Gasteiger partial charge is 0.298 e. The van der Waals surface area contributed by atoms with Gasteiger partial charge in [0, 0.05) is 6.42 Å². The van der Waals surface area contributed by atoms with E-state index in [0.29, 0.717) is 5.56 Å². The fraction of sp³-hybridized carbons (Fsp3) is 0.200. The number of carbonyl (C=O) groups excluding carboxylic acids is 1. The standard InChI is InChI=1S/C10H7ClFNO/c11-5-10(14)4-7-1-8(6-13)3-9(12)2-7/h1-3H,4-5H2. The predicted octanol–water partition coefficient (Wildman–Crippen LogP) is 2.05. The molecule has 0 bridgehead atoms. The van der Waals surface area contributed by atoms with Gasteiger partial charge in [-0.2, -0.15) is 5.26 Å². The zero-order valence-electron chi connectivity index (χ0n) is 7.26. The van der Waals surface area contributed by atoms with Gasteiger partial charge < -0.3 is 0 Å². The van der Waals surface area contributed by atoms with Crippen LogP contribution < -0.4 is 0 Å². The van der Waals surface area contributed by atoms with Gasteiger partial charge in [-0.05, 0) is 23.8 Å². The summed E-state index contributed by atoms with van der Waals surface area (Å²) in [5.74, 6) is -0.805. The van der Waals surface area contributed by atoms with Crippen LogP contribution in [0.1, 0.15) is 11.1 Å². The van der Waals surface area contributed by atoms with E-state index in [2.05, 4.69) is 0 Å². The van der Waals surface area contributed by atoms with Crippen molar-refractivity contribution in [3.05, 3.63) is 35.1 Å². The van der Waals surface area contributed by atoms with Crippen LogP contribution in [0.4, 0.5) is 4.39 Å². The summed E-state index contributed by atoms with van der Waals surface area (Å²) in [7, 11) is 0. The van der Waals surface area contributed by atoms with Crippen molar-refractivity contribution in [1.82, 2.24) is 0 Å². The minimum Gasteiger partial charge on any atom is -0.298 e. The molecule has 0 N–H and O–H groups in total. The lowest BCUT2D eigenvalue weighted by molar-refractivity contribution is -0.116. The van der Waals surface area contributed by atoms with Crippen LogP contribution in [0.15, 0.2) is 18.2 Å². The van der Waals surface area contributed by atoms with Crippen LogP contribution in [-0.2, 0) is 11.2 Å². The molecule has 0 unspecified atom stereocenters. The van der Waals surface area contributed by atoms with Gasteiger partial charge in [0.2, 0.25) is 0 Å². The maximum absolute atomic E-state index is 12.9. The lowest BCUT2D eigenvalue weighted by Gasteiger charge is -1.99. The van der Waals surface area contributed by atoms with Crippen LogP contribution in [0.5, 0.6) is 0 Å². The van der Waals surface area contributed by atoms with Crippen molar-refractivity contribution < 1.29 is 9.18 Å². The molecule has 1 aromatic rings. The van der Waals surface area contributed by atoms with Gasteiger partial charge in [0.15, 0.2) is 5.78 Å². The van der Waals surface area contributed by atoms with Crippen molar-refractivity contribution in [1.29, 1.82) is 5.26 Å². The molecule has 0 heterocycles. The van der Waals surface area contributed by atoms with Crippen molar-refractivity contribution in [2.45, 2.75) is 6.42 Å². The van der Waals surface area contributed by atoms with Crippen LogP contribution in [0, 0.1) is 17.1 Å². The summed E-state index contributed by atoms with van der Waals surface area (Å²) >= 11 is 5.31. The van der Waals surface area contributed by atoms with E-state index >= 15 is 0 Å². The summed E-state index contributed by atoms with van der Waals surface area (Å²) in [4.78, 5) is 11.0. The molecule has 2 nitrogen and oxygen atoms in total. The van der Waals surface area contributed by atoms with Gasteiger partial charge in [0.25, 0.3) is 0 Å². The minimum atomic E-state index is -0.513. The third-order valence-electron chi connectivity index (χ3n) is 1.64. The molecule has 0 aromatic heterocycles. The van der Waals surface area contributed by atoms with Crippen LogP contribution in [0.2, 0.25) is 0 Å². The molecule has 0 aliphatic carbocycles. The average Bonchev–Trinajstić information content (AvgIpc) is 2.16. The van der Waals surface area contributed by atoms with Crippen LogP contribution in [-0.4, -0.2) is 11.7 Å². The number of carbonyl (C=O) groups is 1. The van der Waals surface area contributed by atoms with Gasteiger partial charge >= 0.3 is 0 Å². The summed E-state index contributed by atoms with van der Waals surface area (Å²) in [5.41, 5.74) is 0.689. The second-order valence-electron chi connectivity index (χ2n) is 2.81. The molecule has 1 aromatic carbocycles. The Morgan fingerprint density at radius 2 is 2.21 bits per heavy atom. The highest BCUT2D eigenvalue weighted by molar-refractivity contribution is 6.27. The number of ketones is 1. The number of hydrogen-bond donors (Lipinski definition) is 0. The van der Waals surface area contributed by atoms with Crippen LogP contribution >= 0.6 is 11.6 Å². The second kappa shape index (κ2) is 4.73. The molecule has 0 saturated heterocycles. The number of Topliss-reactive ketones (excluding diaryl/α,β-unsaturated/α-hetero) is 1. The number of benzene rings is 1. The monoisotopic (exact) mass is 211 g/mol. The number of nitrogens with zero attached hydrogens (tertiary/aromatic N) is 1. The van der Waals surface area contributed by atoms with E-state index in [9.17, 15) is 9.18 Å². The Kier molecular flexibility index (Phi) is 3.61. The topological polar surface area (TPSA) is 40.9 Å². The minimum absolute atomic E-state index is 0.0654. The van der Waals surface area contributed by atoms with E-state index < -0.39 is 5.82 Å². The molecule has 0 fully saturated rings. The Hall–Kier alpha value is -1.40. The number of rotatable bonds is 3. The highest BCUT2D eigenvalue weighted by Gasteiger charge is 2.05. The lowest BCUT2D eigenvalue weighted by atomic mass is 10.1. The first-order valence-electron chi connectivity index (χ1n) is 3.93. The lowest BCUT2D eigenvalue weighted by Crippen LogP contribution is -2.04. The smallest absolute Gasteiger partial charge is 0.151 e. The molecule has 14 heavy (non-hydrogen) atoms. The van der Waals surface area contributed by atoms with Gasteiger partial charge in [-0.1, -0.05) is 0 Å². The average molecular weight is 212 g/mol. The van der Waals surface area contributed by atoms with Gasteiger partial charge in [0.1, 0.15) is 5.82 Å². The zero-order chi connectivity index (χ0) is 10.6. The van der Waals surface area contributed by atoms with E-state index in [1.165, 1.54) is 12.1 Å². The Balaban J connectivity index is 2.93. The molecular formula is C10H7ClFNO. The van der Waals surface area contributed by atoms with Crippen molar-refractivity contribution in [3.63, 3.8) is 0 Å². The maximum atomic E-state index is 12.9. The molecular weight excluding hydrogens is 205 g/mol. The molecule has 0 spiro atoms. The predicted molar refractivity (Wildman–Crippen MR) is 50.5 cm³/mol. The number of nitriles is 1. The van der Waals surface area contributed by atoms with Crippen LogP contribution in [0.25, 0.3) is 0 Å². The molecule has 1 rings (SSSR count). The van der Waals surface area contributed by atoms with E-state index in [0.717, 1.165) is 6.07 Å². The van der Waals surface area contributed by atoms with Gasteiger partial charge in [0.05, 0.1) is 17.5 Å². The summed E-state index contributed by atoms with van der Waals surface area (Å²) in [6.07, 6.45) is 0.0654. The highest BCUT2D eigenvalue weighted by Crippen LogP contribution is 2.09. The molecule has 72 valence electrons. The zero-order valence-corrected chi connectivity index (χ0v) is 8.01. The number of hydrogen-bond acceptors (Lipinski definition) is 2. The third-order valence-corrected chi connectivity index (χ3v) is 1.94. The first-order valence-corrected chi connectivity index (χ1v) is 4.46. The third kappa shape index (κ3) is 2.82. The second-order valence-corrected chi connectivity index (χ2v) is 3.08. The Morgan fingerprint density at radius 1 is 1.50 bits per heavy atom. The first kappa shape index (κ1) is 10.7. The fourth-order valence-electron chi connectivity index (χ4n) is 1.09. The molecule has 4 heteroatoms. The van der Waals surface area contributed by atoms with Crippen molar-refractivity contribution in [2.24, 2.45) is 0 Å². The summed E-state index contributed by atoms with van der Waals surface area (Å²) < 4.78 is 12.9. The van der Waals surface area contributed by atoms with Gasteiger partial charge in [-0.25, -0.2) is 4.39 Å². The quantitative estimate of drug-likeness (QED) is 0.718. The van der Waals surface area contributed by atoms with Crippen molar-refractivity contribution in [2.75, 3.05) is 5.88 Å². The summed E-state index contributed by atoms with van der Waals surface area (Å²) in [6, 6.07) is 5.64.